The number of aliphatic hydroxyl groups excluding tert-OH is 1. The maximum atomic E-state index is 12.1. The molecular formula is C21H22F3N5O5S. The number of nitrogens with zero attached hydrogens (tertiary/aromatic N) is 5. The van der Waals surface area contributed by atoms with Gasteiger partial charge in [0.05, 0.1) is 34.8 Å². The Bertz CT molecular complexity index is 1410. The SMILES string of the molecule is CC(C)C1=NCCn2c1nc1cc(CO)c(S(C)(=O)=O)cc12.O=C(O)c1cncnc1C(F)(F)F. The number of carboxylic acids is 1. The molecule has 0 amide bonds. The number of aliphatic imine (C=N–C) groups is 1. The zero-order chi connectivity index (χ0) is 26.1. The first-order valence-corrected chi connectivity index (χ1v) is 12.1. The molecule has 0 aliphatic carbocycles. The molecule has 4 rings (SSSR count). The van der Waals surface area contributed by atoms with Gasteiger partial charge in [0.25, 0.3) is 0 Å². The molecule has 3 aromatic rings. The predicted molar refractivity (Wildman–Crippen MR) is 119 cm³/mol. The molecule has 0 saturated heterocycles. The summed E-state index contributed by atoms with van der Waals surface area (Å²) in [4.78, 5) is 25.7. The molecule has 1 aliphatic rings. The molecule has 0 bridgehead atoms. The molecule has 1 aliphatic heterocycles. The van der Waals surface area contributed by atoms with Gasteiger partial charge in [-0.25, -0.2) is 28.2 Å². The van der Waals surface area contributed by atoms with Gasteiger partial charge in [0.2, 0.25) is 0 Å². The highest BCUT2D eigenvalue weighted by Gasteiger charge is 2.37. The Morgan fingerprint density at radius 3 is 2.46 bits per heavy atom. The normalized spacial score (nSPS) is 13.8. The number of rotatable bonds is 4. The van der Waals surface area contributed by atoms with E-state index in [0.717, 1.165) is 23.3 Å². The number of halogens is 3. The Kier molecular flexibility index (Phi) is 7.26. The maximum Gasteiger partial charge on any atom is 0.434 e. The van der Waals surface area contributed by atoms with Gasteiger partial charge in [0.15, 0.2) is 21.4 Å². The van der Waals surface area contributed by atoms with Gasteiger partial charge in [-0.3, -0.25) is 4.99 Å². The first-order chi connectivity index (χ1) is 16.3. The van der Waals surface area contributed by atoms with Crippen molar-refractivity contribution in [2.45, 2.75) is 38.1 Å². The van der Waals surface area contributed by atoms with Crippen molar-refractivity contribution in [2.75, 3.05) is 12.8 Å². The third kappa shape index (κ3) is 5.48. The van der Waals surface area contributed by atoms with Gasteiger partial charge in [-0.15, -0.1) is 0 Å². The molecule has 3 heterocycles. The van der Waals surface area contributed by atoms with E-state index in [1.807, 2.05) is 4.57 Å². The molecule has 2 N–H and O–H groups in total. The van der Waals surface area contributed by atoms with Gasteiger partial charge >= 0.3 is 12.1 Å². The van der Waals surface area contributed by atoms with Crippen LogP contribution in [0.5, 0.6) is 0 Å². The fourth-order valence-corrected chi connectivity index (χ4v) is 4.51. The molecule has 0 saturated carbocycles. The second kappa shape index (κ2) is 9.70. The summed E-state index contributed by atoms with van der Waals surface area (Å²) in [6.45, 7) is 5.15. The number of hydrogen-bond acceptors (Lipinski definition) is 8. The van der Waals surface area contributed by atoms with E-state index in [1.165, 1.54) is 0 Å². The summed E-state index contributed by atoms with van der Waals surface area (Å²) in [6, 6.07) is 3.28. The molecule has 0 fully saturated rings. The van der Waals surface area contributed by atoms with E-state index in [1.54, 1.807) is 12.1 Å². The average Bonchev–Trinajstić information content (AvgIpc) is 3.15. The lowest BCUT2D eigenvalue weighted by Gasteiger charge is -2.17. The second-order valence-electron chi connectivity index (χ2n) is 7.98. The molecule has 188 valence electrons. The number of hydrogen-bond donors (Lipinski definition) is 2. The minimum absolute atomic E-state index is 0.166. The largest absolute Gasteiger partial charge is 0.478 e. The zero-order valence-electron chi connectivity index (χ0n) is 18.9. The highest BCUT2D eigenvalue weighted by atomic mass is 32.2. The standard InChI is InChI=1S/C15H19N3O3S.C6H3F3N2O2/c1-9(2)14-15-17-11-6-10(8-19)13(22(3,20)21)7-12(11)18(15)5-4-16-14;7-6(8,9)4-3(5(12)13)1-10-2-11-4/h6-7,9,19H,4-5,8H2,1-3H3;1-2H,(H,12,13). The monoisotopic (exact) mass is 513 g/mol. The van der Waals surface area contributed by atoms with Crippen molar-refractivity contribution in [1.82, 2.24) is 19.5 Å². The molecular weight excluding hydrogens is 491 g/mol. The van der Waals surface area contributed by atoms with Crippen LogP contribution in [0.3, 0.4) is 0 Å². The van der Waals surface area contributed by atoms with Crippen LogP contribution in [0.4, 0.5) is 13.2 Å². The van der Waals surface area contributed by atoms with Crippen LogP contribution in [0.15, 0.2) is 34.5 Å². The highest BCUT2D eigenvalue weighted by Crippen LogP contribution is 2.30. The maximum absolute atomic E-state index is 12.1. The molecule has 14 heteroatoms. The molecule has 0 radical (unpaired) electrons. The van der Waals surface area contributed by atoms with Crippen molar-refractivity contribution in [3.63, 3.8) is 0 Å². The predicted octanol–water partition coefficient (Wildman–Crippen LogP) is 2.58. The summed E-state index contributed by atoms with van der Waals surface area (Å²) < 4.78 is 62.1. The van der Waals surface area contributed by atoms with Gasteiger partial charge in [-0.2, -0.15) is 13.2 Å². The number of aromatic nitrogens is 4. The molecule has 10 nitrogen and oxygen atoms in total. The summed E-state index contributed by atoms with van der Waals surface area (Å²) in [5.74, 6) is -0.652. The third-order valence-electron chi connectivity index (χ3n) is 5.09. The summed E-state index contributed by atoms with van der Waals surface area (Å²) in [5, 5.41) is 17.8. The van der Waals surface area contributed by atoms with Crippen LogP contribution in [0.2, 0.25) is 0 Å². The molecule has 35 heavy (non-hydrogen) atoms. The van der Waals surface area contributed by atoms with E-state index >= 15 is 0 Å². The summed E-state index contributed by atoms with van der Waals surface area (Å²) in [7, 11) is -3.40. The van der Waals surface area contributed by atoms with Crippen molar-refractivity contribution in [3.8, 4) is 0 Å². The summed E-state index contributed by atoms with van der Waals surface area (Å²) in [5.41, 5.74) is 0.412. The van der Waals surface area contributed by atoms with Gasteiger partial charge in [-0.1, -0.05) is 13.8 Å². The Morgan fingerprint density at radius 1 is 1.26 bits per heavy atom. The van der Waals surface area contributed by atoms with Crippen LogP contribution in [0.25, 0.3) is 11.0 Å². The van der Waals surface area contributed by atoms with E-state index in [0.29, 0.717) is 36.7 Å². The first-order valence-electron chi connectivity index (χ1n) is 10.2. The van der Waals surface area contributed by atoms with Crippen LogP contribution < -0.4 is 0 Å². The van der Waals surface area contributed by atoms with Gasteiger partial charge in [0, 0.05) is 19.0 Å². The van der Waals surface area contributed by atoms with E-state index in [9.17, 15) is 31.5 Å². The fraction of sp³-hybridized carbons (Fsp3) is 0.381. The average molecular weight is 513 g/mol. The third-order valence-corrected chi connectivity index (χ3v) is 6.27. The lowest BCUT2D eigenvalue weighted by Crippen LogP contribution is -2.22. The minimum atomic E-state index is -4.77. The number of carbonyl (C=O) groups is 1. The lowest BCUT2D eigenvalue weighted by atomic mass is 10.1. The van der Waals surface area contributed by atoms with Crippen LogP contribution in [-0.2, 0) is 29.2 Å². The molecule has 0 atom stereocenters. The number of aromatic carboxylic acids is 1. The van der Waals surface area contributed by atoms with Crippen molar-refractivity contribution in [1.29, 1.82) is 0 Å². The number of imidazole rings is 1. The Labute approximate surface area is 198 Å². The molecule has 0 spiro atoms. The van der Waals surface area contributed by atoms with E-state index in [-0.39, 0.29) is 17.4 Å². The van der Waals surface area contributed by atoms with Gasteiger partial charge < -0.3 is 14.8 Å². The van der Waals surface area contributed by atoms with Crippen LogP contribution >= 0.6 is 0 Å². The topological polar surface area (TPSA) is 148 Å². The quantitative estimate of drug-likeness (QED) is 0.541. The number of carboxylic acid groups (broad SMARTS) is 1. The van der Waals surface area contributed by atoms with E-state index < -0.39 is 33.2 Å². The van der Waals surface area contributed by atoms with E-state index in [2.05, 4.69) is 33.8 Å². The molecule has 2 aromatic heterocycles. The van der Waals surface area contributed by atoms with Gasteiger partial charge in [0.1, 0.15) is 11.9 Å². The minimum Gasteiger partial charge on any atom is -0.478 e. The number of sulfone groups is 1. The summed E-state index contributed by atoms with van der Waals surface area (Å²) >= 11 is 0. The highest BCUT2D eigenvalue weighted by molar-refractivity contribution is 7.90. The number of aliphatic hydroxyl groups is 1. The number of benzene rings is 1. The van der Waals surface area contributed by atoms with Crippen LogP contribution in [-0.4, -0.2) is 62.6 Å². The lowest BCUT2D eigenvalue weighted by molar-refractivity contribution is -0.141. The molecule has 1 aromatic carbocycles. The van der Waals surface area contributed by atoms with Gasteiger partial charge in [-0.05, 0) is 23.6 Å². The number of alkyl halides is 3. The molecule has 0 unspecified atom stereocenters. The van der Waals surface area contributed by atoms with E-state index in [4.69, 9.17) is 5.11 Å². The van der Waals surface area contributed by atoms with Crippen LogP contribution in [0.1, 0.15) is 41.3 Å². The first kappa shape index (κ1) is 26.2. The second-order valence-corrected chi connectivity index (χ2v) is 9.96. The van der Waals surface area contributed by atoms with Crippen molar-refractivity contribution < 1.29 is 36.6 Å². The number of fused-ring (bicyclic) bond motifs is 3. The van der Waals surface area contributed by atoms with Crippen molar-refractivity contribution in [2.24, 2.45) is 10.9 Å². The van der Waals surface area contributed by atoms with Crippen molar-refractivity contribution in [3.05, 3.63) is 47.3 Å². The van der Waals surface area contributed by atoms with Crippen LogP contribution in [0, 0.1) is 5.92 Å². The Morgan fingerprint density at radius 2 is 1.94 bits per heavy atom. The Balaban J connectivity index is 0.000000225. The fourth-order valence-electron chi connectivity index (χ4n) is 3.58. The Hall–Kier alpha value is -3.39. The van der Waals surface area contributed by atoms with Crippen molar-refractivity contribution >= 4 is 32.6 Å². The summed E-state index contributed by atoms with van der Waals surface area (Å²) in [6.07, 6.45) is -2.36. The smallest absolute Gasteiger partial charge is 0.434 e. The zero-order valence-corrected chi connectivity index (χ0v) is 19.7.